The zero-order valence-corrected chi connectivity index (χ0v) is 9.12. The number of nitrogens with one attached hydrogen (secondary N) is 1. The number of nitrogens with zero attached hydrogens (tertiary/aromatic N) is 1. The van der Waals surface area contributed by atoms with Crippen LogP contribution in [0.15, 0.2) is 0 Å². The number of carbonyl (C=O) groups is 1. The van der Waals surface area contributed by atoms with Gasteiger partial charge in [0.25, 0.3) is 0 Å². The lowest BCUT2D eigenvalue weighted by atomic mass is 9.97. The Morgan fingerprint density at radius 1 is 1.50 bits per heavy atom. The topological polar surface area (TPSA) is 58.4 Å². The monoisotopic (exact) mass is 199 g/mol. The van der Waals surface area contributed by atoms with E-state index in [0.717, 1.165) is 32.5 Å². The zero-order valence-electron chi connectivity index (χ0n) is 9.12. The molecule has 0 radical (unpaired) electrons. The Balaban J connectivity index is 2.30. The number of urea groups is 1. The fraction of sp³-hybridized carbons (Fsp3) is 0.900. The summed E-state index contributed by atoms with van der Waals surface area (Å²) in [5, 5.41) is 2.90. The molecule has 0 spiro atoms. The first-order chi connectivity index (χ1) is 6.63. The van der Waals surface area contributed by atoms with E-state index in [-0.39, 0.29) is 12.1 Å². The van der Waals surface area contributed by atoms with Crippen LogP contribution in [0.1, 0.15) is 26.7 Å². The van der Waals surface area contributed by atoms with Crippen molar-refractivity contribution in [2.24, 2.45) is 11.7 Å². The number of likely N-dealkylation sites (tertiary alicyclic amines) is 1. The lowest BCUT2D eigenvalue weighted by Gasteiger charge is -2.31. The number of hydrogen-bond acceptors (Lipinski definition) is 2. The molecule has 0 saturated carbocycles. The van der Waals surface area contributed by atoms with E-state index in [1.807, 2.05) is 18.7 Å². The van der Waals surface area contributed by atoms with Gasteiger partial charge in [-0.3, -0.25) is 0 Å². The molecule has 1 fully saturated rings. The van der Waals surface area contributed by atoms with E-state index in [4.69, 9.17) is 5.73 Å². The minimum Gasteiger partial charge on any atom is -0.336 e. The van der Waals surface area contributed by atoms with Crippen molar-refractivity contribution in [2.75, 3.05) is 19.6 Å². The van der Waals surface area contributed by atoms with Gasteiger partial charge in [-0.05, 0) is 39.2 Å². The smallest absolute Gasteiger partial charge is 0.317 e. The molecule has 1 aliphatic rings. The summed E-state index contributed by atoms with van der Waals surface area (Å²) >= 11 is 0. The molecular weight excluding hydrogens is 178 g/mol. The van der Waals surface area contributed by atoms with E-state index >= 15 is 0 Å². The highest BCUT2D eigenvalue weighted by Gasteiger charge is 2.21. The third kappa shape index (κ3) is 3.18. The van der Waals surface area contributed by atoms with Crippen LogP contribution in [-0.2, 0) is 0 Å². The lowest BCUT2D eigenvalue weighted by Crippen LogP contribution is -2.47. The summed E-state index contributed by atoms with van der Waals surface area (Å²) in [4.78, 5) is 13.5. The number of rotatable bonds is 2. The Morgan fingerprint density at radius 2 is 2.07 bits per heavy atom. The van der Waals surface area contributed by atoms with E-state index in [0.29, 0.717) is 5.92 Å². The fourth-order valence-electron chi connectivity index (χ4n) is 1.71. The molecule has 0 aromatic carbocycles. The van der Waals surface area contributed by atoms with E-state index in [9.17, 15) is 4.79 Å². The van der Waals surface area contributed by atoms with Crippen molar-refractivity contribution in [2.45, 2.75) is 32.7 Å². The molecule has 1 heterocycles. The third-order valence-electron chi connectivity index (χ3n) is 2.65. The number of carbonyl (C=O) groups excluding carboxylic acids is 1. The number of piperidine rings is 1. The quantitative estimate of drug-likeness (QED) is 0.690. The van der Waals surface area contributed by atoms with Gasteiger partial charge in [-0.1, -0.05) is 0 Å². The molecule has 0 aromatic rings. The molecule has 2 amide bonds. The van der Waals surface area contributed by atoms with E-state index in [2.05, 4.69) is 5.32 Å². The maximum absolute atomic E-state index is 11.6. The highest BCUT2D eigenvalue weighted by molar-refractivity contribution is 5.74. The van der Waals surface area contributed by atoms with Gasteiger partial charge in [0.1, 0.15) is 0 Å². The predicted molar refractivity (Wildman–Crippen MR) is 57.0 cm³/mol. The number of amides is 2. The molecule has 0 aliphatic carbocycles. The SMILES string of the molecule is CC(C)NC(=O)N1CCC(CN)CC1. The van der Waals surface area contributed by atoms with Gasteiger partial charge < -0.3 is 16.0 Å². The Kier molecular flexibility index (Phi) is 4.20. The molecular formula is C10H21N3O. The summed E-state index contributed by atoms with van der Waals surface area (Å²) in [6.45, 7) is 6.40. The van der Waals surface area contributed by atoms with Gasteiger partial charge in [-0.25, -0.2) is 4.79 Å². The third-order valence-corrected chi connectivity index (χ3v) is 2.65. The highest BCUT2D eigenvalue weighted by Crippen LogP contribution is 2.15. The van der Waals surface area contributed by atoms with Crippen molar-refractivity contribution in [1.82, 2.24) is 10.2 Å². The van der Waals surface area contributed by atoms with Crippen molar-refractivity contribution in [3.05, 3.63) is 0 Å². The normalized spacial score (nSPS) is 18.7. The summed E-state index contributed by atoms with van der Waals surface area (Å²) in [7, 11) is 0. The minimum absolute atomic E-state index is 0.0653. The summed E-state index contributed by atoms with van der Waals surface area (Å²) in [5.74, 6) is 0.609. The van der Waals surface area contributed by atoms with Crippen LogP contribution in [-0.4, -0.2) is 36.6 Å². The van der Waals surface area contributed by atoms with E-state index in [1.54, 1.807) is 0 Å². The molecule has 14 heavy (non-hydrogen) atoms. The van der Waals surface area contributed by atoms with E-state index < -0.39 is 0 Å². The molecule has 82 valence electrons. The molecule has 0 unspecified atom stereocenters. The second kappa shape index (κ2) is 5.20. The first kappa shape index (κ1) is 11.3. The van der Waals surface area contributed by atoms with Gasteiger partial charge in [0.05, 0.1) is 0 Å². The lowest BCUT2D eigenvalue weighted by molar-refractivity contribution is 0.170. The maximum Gasteiger partial charge on any atom is 0.317 e. The van der Waals surface area contributed by atoms with Gasteiger partial charge in [0.2, 0.25) is 0 Å². The van der Waals surface area contributed by atoms with Crippen LogP contribution in [0.25, 0.3) is 0 Å². The molecule has 1 rings (SSSR count). The largest absolute Gasteiger partial charge is 0.336 e. The van der Waals surface area contributed by atoms with Crippen molar-refractivity contribution in [1.29, 1.82) is 0 Å². The summed E-state index contributed by atoms with van der Waals surface area (Å²) in [6, 6.07) is 0.283. The second-order valence-electron chi connectivity index (χ2n) is 4.27. The number of hydrogen-bond donors (Lipinski definition) is 2. The van der Waals surface area contributed by atoms with Crippen molar-refractivity contribution in [3.63, 3.8) is 0 Å². The fourth-order valence-corrected chi connectivity index (χ4v) is 1.71. The highest BCUT2D eigenvalue weighted by atomic mass is 16.2. The van der Waals surface area contributed by atoms with Gasteiger partial charge in [-0.2, -0.15) is 0 Å². The Labute approximate surface area is 85.8 Å². The molecule has 0 bridgehead atoms. The molecule has 1 saturated heterocycles. The predicted octanol–water partition coefficient (Wildman–Crippen LogP) is 0.775. The molecule has 3 N–H and O–H groups in total. The average molecular weight is 199 g/mol. The van der Waals surface area contributed by atoms with Gasteiger partial charge in [-0.15, -0.1) is 0 Å². The second-order valence-corrected chi connectivity index (χ2v) is 4.27. The number of nitrogens with two attached hydrogens (primary N) is 1. The molecule has 1 aliphatic heterocycles. The van der Waals surface area contributed by atoms with Crippen LogP contribution in [0, 0.1) is 5.92 Å². The van der Waals surface area contributed by atoms with Crippen molar-refractivity contribution >= 4 is 6.03 Å². The summed E-state index contributed by atoms with van der Waals surface area (Å²) in [6.07, 6.45) is 2.09. The molecule has 4 heteroatoms. The van der Waals surface area contributed by atoms with Crippen LogP contribution < -0.4 is 11.1 Å². The first-order valence-corrected chi connectivity index (χ1v) is 5.39. The Morgan fingerprint density at radius 3 is 2.50 bits per heavy atom. The molecule has 4 nitrogen and oxygen atoms in total. The van der Waals surface area contributed by atoms with E-state index in [1.165, 1.54) is 0 Å². The summed E-state index contributed by atoms with van der Waals surface area (Å²) < 4.78 is 0. The Hall–Kier alpha value is -0.770. The van der Waals surface area contributed by atoms with Crippen LogP contribution in [0.5, 0.6) is 0 Å². The summed E-state index contributed by atoms with van der Waals surface area (Å²) in [5.41, 5.74) is 5.59. The van der Waals surface area contributed by atoms with Crippen LogP contribution in [0.4, 0.5) is 4.79 Å². The molecule has 0 aromatic heterocycles. The molecule has 0 atom stereocenters. The van der Waals surface area contributed by atoms with Crippen molar-refractivity contribution in [3.8, 4) is 0 Å². The van der Waals surface area contributed by atoms with Gasteiger partial charge >= 0.3 is 6.03 Å². The minimum atomic E-state index is 0.0653. The van der Waals surface area contributed by atoms with Crippen molar-refractivity contribution < 1.29 is 4.79 Å². The maximum atomic E-state index is 11.6. The Bertz CT molecular complexity index is 186. The standard InChI is InChI=1S/C10H21N3O/c1-8(2)12-10(14)13-5-3-9(7-11)4-6-13/h8-9H,3-7,11H2,1-2H3,(H,12,14). The first-order valence-electron chi connectivity index (χ1n) is 5.39. The van der Waals surface area contributed by atoms with Crippen LogP contribution >= 0.6 is 0 Å². The van der Waals surface area contributed by atoms with Crippen LogP contribution in [0.3, 0.4) is 0 Å². The van der Waals surface area contributed by atoms with Gasteiger partial charge in [0.15, 0.2) is 0 Å². The van der Waals surface area contributed by atoms with Gasteiger partial charge in [0, 0.05) is 19.1 Å². The average Bonchev–Trinajstić information content (AvgIpc) is 2.17. The van der Waals surface area contributed by atoms with Crippen LogP contribution in [0.2, 0.25) is 0 Å². The zero-order chi connectivity index (χ0) is 10.6.